The quantitative estimate of drug-likeness (QED) is 0.601. The van der Waals surface area contributed by atoms with E-state index >= 15 is 0 Å². The number of carbonyl (C=O) groups is 1. The number of ketones is 1. The van der Waals surface area contributed by atoms with Gasteiger partial charge in [0.05, 0.1) is 11.7 Å². The molecule has 1 heterocycles. The Bertz CT molecular complexity index is 390. The summed E-state index contributed by atoms with van der Waals surface area (Å²) in [5, 5.41) is 0. The Labute approximate surface area is 104 Å². The van der Waals surface area contributed by atoms with Crippen LogP contribution in [-0.4, -0.2) is 17.5 Å². The molecule has 0 unspecified atom stereocenters. The number of carbonyl (C=O) groups excluding carboxylic acids is 1. The van der Waals surface area contributed by atoms with Crippen LogP contribution in [0.25, 0.3) is 0 Å². The monoisotopic (exact) mass is 234 g/mol. The van der Waals surface area contributed by atoms with E-state index in [0.717, 1.165) is 24.8 Å². The van der Waals surface area contributed by atoms with Crippen LogP contribution in [0.5, 0.6) is 0 Å². The number of allylic oxidation sites excluding steroid dienone is 4. The zero-order valence-corrected chi connectivity index (χ0v) is 11.2. The molecule has 1 aliphatic heterocycles. The van der Waals surface area contributed by atoms with Crippen LogP contribution < -0.4 is 0 Å². The van der Waals surface area contributed by atoms with E-state index in [1.54, 1.807) is 6.08 Å². The van der Waals surface area contributed by atoms with Crippen LogP contribution in [0.1, 0.15) is 47.0 Å². The summed E-state index contributed by atoms with van der Waals surface area (Å²) in [5.74, 6) is 0.139. The van der Waals surface area contributed by atoms with Crippen LogP contribution in [-0.2, 0) is 9.53 Å². The summed E-state index contributed by atoms with van der Waals surface area (Å²) >= 11 is 0. The molecular weight excluding hydrogens is 212 g/mol. The SMILES string of the molecule is C/C1=C\CC[C@]2(C)O[C@H]2CC(C)(C)/C=C/C1=O. The van der Waals surface area contributed by atoms with E-state index in [-0.39, 0.29) is 16.8 Å². The molecule has 0 saturated carbocycles. The third-order valence-corrected chi connectivity index (χ3v) is 3.91. The maximum atomic E-state index is 11.8. The summed E-state index contributed by atoms with van der Waals surface area (Å²) in [6, 6.07) is 0. The first-order valence-corrected chi connectivity index (χ1v) is 6.41. The van der Waals surface area contributed by atoms with Crippen molar-refractivity contribution in [2.75, 3.05) is 0 Å². The van der Waals surface area contributed by atoms with E-state index < -0.39 is 0 Å². The van der Waals surface area contributed by atoms with E-state index in [1.807, 2.05) is 19.1 Å². The number of ether oxygens (including phenoxy) is 1. The average Bonchev–Trinajstić information content (AvgIpc) is 2.83. The summed E-state index contributed by atoms with van der Waals surface area (Å²) in [4.78, 5) is 11.8. The highest BCUT2D eigenvalue weighted by molar-refractivity contribution is 6.03. The van der Waals surface area contributed by atoms with Gasteiger partial charge in [-0.2, -0.15) is 0 Å². The van der Waals surface area contributed by atoms with Crippen molar-refractivity contribution in [1.82, 2.24) is 0 Å². The zero-order chi connectivity index (χ0) is 12.7. The molecule has 2 aliphatic rings. The Morgan fingerprint density at radius 3 is 2.76 bits per heavy atom. The third kappa shape index (κ3) is 2.86. The van der Waals surface area contributed by atoms with Crippen LogP contribution in [0.2, 0.25) is 0 Å². The normalized spacial score (nSPS) is 41.8. The van der Waals surface area contributed by atoms with Gasteiger partial charge in [0.15, 0.2) is 5.78 Å². The molecule has 0 radical (unpaired) electrons. The van der Waals surface area contributed by atoms with Gasteiger partial charge in [0.25, 0.3) is 0 Å². The van der Waals surface area contributed by atoms with Crippen molar-refractivity contribution in [1.29, 1.82) is 0 Å². The van der Waals surface area contributed by atoms with Crippen molar-refractivity contribution in [2.24, 2.45) is 5.41 Å². The molecule has 17 heavy (non-hydrogen) atoms. The molecule has 0 spiro atoms. The minimum absolute atomic E-state index is 0.0305. The van der Waals surface area contributed by atoms with Gasteiger partial charge in [-0.1, -0.05) is 26.0 Å². The van der Waals surface area contributed by atoms with Crippen LogP contribution >= 0.6 is 0 Å². The molecule has 94 valence electrons. The lowest BCUT2D eigenvalue weighted by Gasteiger charge is -2.19. The second-order valence-corrected chi connectivity index (χ2v) is 6.24. The molecular formula is C15H22O2. The fourth-order valence-corrected chi connectivity index (χ4v) is 2.42. The number of fused-ring (bicyclic) bond motifs is 1. The summed E-state index contributed by atoms with van der Waals surface area (Å²) < 4.78 is 5.83. The number of hydrogen-bond acceptors (Lipinski definition) is 2. The van der Waals surface area contributed by atoms with Crippen LogP contribution in [0.4, 0.5) is 0 Å². The van der Waals surface area contributed by atoms with Crippen LogP contribution in [0, 0.1) is 5.41 Å². The number of epoxide rings is 1. The highest BCUT2D eigenvalue weighted by atomic mass is 16.6. The van der Waals surface area contributed by atoms with Gasteiger partial charge >= 0.3 is 0 Å². The molecule has 2 heteroatoms. The van der Waals surface area contributed by atoms with E-state index in [0.29, 0.717) is 6.10 Å². The molecule has 0 aromatic heterocycles. The Morgan fingerprint density at radius 1 is 1.35 bits per heavy atom. The molecule has 0 N–H and O–H groups in total. The van der Waals surface area contributed by atoms with Crippen molar-refractivity contribution in [3.8, 4) is 0 Å². The Hall–Kier alpha value is -0.890. The maximum absolute atomic E-state index is 11.8. The second kappa shape index (κ2) is 4.09. The Morgan fingerprint density at radius 2 is 2.06 bits per heavy atom. The summed E-state index contributed by atoms with van der Waals surface area (Å²) in [6.07, 6.45) is 9.07. The van der Waals surface area contributed by atoms with E-state index in [1.165, 1.54) is 0 Å². The lowest BCUT2D eigenvalue weighted by Crippen LogP contribution is -2.17. The molecule has 0 aromatic rings. The number of hydrogen-bond donors (Lipinski definition) is 0. The van der Waals surface area contributed by atoms with Crippen LogP contribution in [0.3, 0.4) is 0 Å². The van der Waals surface area contributed by atoms with Gasteiger partial charge in [0.2, 0.25) is 0 Å². The highest BCUT2D eigenvalue weighted by Gasteiger charge is 2.52. The molecule has 1 fully saturated rings. The smallest absolute Gasteiger partial charge is 0.180 e. The van der Waals surface area contributed by atoms with Crippen LogP contribution in [0.15, 0.2) is 23.8 Å². The second-order valence-electron chi connectivity index (χ2n) is 6.24. The van der Waals surface area contributed by atoms with Crippen molar-refractivity contribution < 1.29 is 9.53 Å². The molecule has 2 rings (SSSR count). The standard InChI is InChI=1S/C15H22O2/c1-11-6-5-8-15(4)13(17-15)10-14(2,3)9-7-12(11)16/h6-7,9,13H,5,8,10H2,1-4H3/b9-7+,11-6+/t13-,15-/m0/s1. The predicted octanol–water partition coefficient (Wildman–Crippen LogP) is 3.43. The van der Waals surface area contributed by atoms with Gasteiger partial charge in [-0.05, 0) is 50.2 Å². The van der Waals surface area contributed by atoms with Gasteiger partial charge < -0.3 is 4.74 Å². The fraction of sp³-hybridized carbons (Fsp3) is 0.667. The summed E-state index contributed by atoms with van der Waals surface area (Å²) in [6.45, 7) is 8.40. The van der Waals surface area contributed by atoms with Crippen molar-refractivity contribution in [3.63, 3.8) is 0 Å². The molecule has 2 atom stereocenters. The summed E-state index contributed by atoms with van der Waals surface area (Å²) in [5.41, 5.74) is 0.914. The predicted molar refractivity (Wildman–Crippen MR) is 68.8 cm³/mol. The lowest BCUT2D eigenvalue weighted by molar-refractivity contribution is -0.111. The zero-order valence-electron chi connectivity index (χ0n) is 11.2. The largest absolute Gasteiger partial charge is 0.366 e. The van der Waals surface area contributed by atoms with Crippen molar-refractivity contribution in [2.45, 2.75) is 58.7 Å². The fourth-order valence-electron chi connectivity index (χ4n) is 2.42. The van der Waals surface area contributed by atoms with Crippen molar-refractivity contribution in [3.05, 3.63) is 23.8 Å². The minimum Gasteiger partial charge on any atom is -0.366 e. The van der Waals surface area contributed by atoms with E-state index in [2.05, 4.69) is 20.8 Å². The van der Waals surface area contributed by atoms with Gasteiger partial charge in [-0.3, -0.25) is 4.79 Å². The average molecular weight is 234 g/mol. The first-order chi connectivity index (χ1) is 7.82. The molecule has 1 aliphatic carbocycles. The topological polar surface area (TPSA) is 29.6 Å². The first-order valence-electron chi connectivity index (χ1n) is 6.41. The van der Waals surface area contributed by atoms with Gasteiger partial charge in [0, 0.05) is 0 Å². The Balaban J connectivity index is 2.21. The molecule has 0 aromatic carbocycles. The van der Waals surface area contributed by atoms with Gasteiger partial charge in [-0.15, -0.1) is 0 Å². The maximum Gasteiger partial charge on any atom is 0.180 e. The molecule has 2 nitrogen and oxygen atoms in total. The Kier molecular flexibility index (Phi) is 3.03. The van der Waals surface area contributed by atoms with Crippen molar-refractivity contribution >= 4 is 5.78 Å². The molecule has 1 saturated heterocycles. The summed E-state index contributed by atoms with van der Waals surface area (Å²) in [7, 11) is 0. The van der Waals surface area contributed by atoms with E-state index in [4.69, 9.17) is 4.74 Å². The lowest BCUT2D eigenvalue weighted by atomic mass is 9.84. The van der Waals surface area contributed by atoms with Gasteiger partial charge in [-0.25, -0.2) is 0 Å². The first kappa shape index (κ1) is 12.6. The van der Waals surface area contributed by atoms with Gasteiger partial charge in [0.1, 0.15) is 0 Å². The molecule has 0 bridgehead atoms. The molecule has 0 amide bonds. The van der Waals surface area contributed by atoms with E-state index in [9.17, 15) is 4.79 Å². The highest BCUT2D eigenvalue weighted by Crippen LogP contribution is 2.46. The number of rotatable bonds is 0. The minimum atomic E-state index is 0.0305. The third-order valence-electron chi connectivity index (χ3n) is 3.91.